The first kappa shape index (κ1) is 30.1. The summed E-state index contributed by atoms with van der Waals surface area (Å²) >= 11 is 0. The molecular formula is C46H34O4. The van der Waals surface area contributed by atoms with Crippen molar-refractivity contribution in [2.45, 2.75) is 30.6 Å². The van der Waals surface area contributed by atoms with Crippen LogP contribution in [0.4, 0.5) is 0 Å². The minimum absolute atomic E-state index is 0.0259. The van der Waals surface area contributed by atoms with Crippen LogP contribution in [-0.2, 0) is 15.0 Å². The van der Waals surface area contributed by atoms with E-state index < -0.39 is 11.4 Å². The van der Waals surface area contributed by atoms with Crippen molar-refractivity contribution < 1.29 is 19.1 Å². The first-order valence-electron chi connectivity index (χ1n) is 17.1. The molecule has 10 rings (SSSR count). The smallest absolute Gasteiger partial charge is 0.335 e. The summed E-state index contributed by atoms with van der Waals surface area (Å²) in [4.78, 5) is 26.0. The third-order valence-electron chi connectivity index (χ3n) is 11.0. The van der Waals surface area contributed by atoms with Crippen LogP contribution in [0.5, 0.6) is 11.5 Å². The molecule has 2 bridgehead atoms. The van der Waals surface area contributed by atoms with E-state index >= 15 is 0 Å². The highest BCUT2D eigenvalue weighted by molar-refractivity contribution is 5.87. The van der Waals surface area contributed by atoms with E-state index in [0.717, 1.165) is 34.8 Å². The minimum Gasteiger partial charge on any atom is -0.426 e. The molecule has 4 aliphatic rings. The van der Waals surface area contributed by atoms with E-state index in [0.29, 0.717) is 11.5 Å². The molecule has 0 N–H and O–H groups in total. The van der Waals surface area contributed by atoms with Gasteiger partial charge < -0.3 is 9.47 Å². The van der Waals surface area contributed by atoms with E-state index in [1.807, 2.05) is 36.4 Å². The molecule has 6 aromatic rings. The second kappa shape index (κ2) is 11.6. The monoisotopic (exact) mass is 650 g/mol. The SMILES string of the molecule is C=CC(=O)Oc1ccc(C2(c3ccc(OC(=O)C4CC5c6ccccc6C4c4ccc(C)cc45)cc3)c3ccccc3-c3ccccc32)cc1. The first-order valence-corrected chi connectivity index (χ1v) is 17.1. The number of fused-ring (bicyclic) bond motifs is 4. The van der Waals surface area contributed by atoms with Crippen molar-refractivity contribution >= 4 is 11.9 Å². The largest absolute Gasteiger partial charge is 0.426 e. The Hall–Kier alpha value is -6.00. The van der Waals surface area contributed by atoms with E-state index in [1.165, 1.54) is 38.9 Å². The molecular weight excluding hydrogens is 617 g/mol. The lowest BCUT2D eigenvalue weighted by Crippen LogP contribution is -2.38. The Kier molecular flexibility index (Phi) is 6.96. The summed E-state index contributed by atoms with van der Waals surface area (Å²) in [6.45, 7) is 5.65. The maximum atomic E-state index is 14.1. The summed E-state index contributed by atoms with van der Waals surface area (Å²) < 4.78 is 11.6. The average molecular weight is 651 g/mol. The number of aryl methyl sites for hydroxylation is 1. The molecule has 0 saturated heterocycles. The molecule has 0 saturated carbocycles. The van der Waals surface area contributed by atoms with Crippen LogP contribution < -0.4 is 9.47 Å². The van der Waals surface area contributed by atoms with Gasteiger partial charge in [-0.15, -0.1) is 0 Å². The number of rotatable bonds is 6. The molecule has 0 aliphatic heterocycles. The molecule has 6 aromatic carbocycles. The molecule has 3 atom stereocenters. The van der Waals surface area contributed by atoms with E-state index in [-0.39, 0.29) is 23.7 Å². The molecule has 50 heavy (non-hydrogen) atoms. The summed E-state index contributed by atoms with van der Waals surface area (Å²) in [5.41, 5.74) is 12.5. The van der Waals surface area contributed by atoms with Crippen molar-refractivity contribution in [1.29, 1.82) is 0 Å². The van der Waals surface area contributed by atoms with E-state index in [9.17, 15) is 9.59 Å². The second-order valence-corrected chi connectivity index (χ2v) is 13.6. The molecule has 0 spiro atoms. The normalized spacial score (nSPS) is 18.6. The summed E-state index contributed by atoms with van der Waals surface area (Å²) in [5.74, 6) is 0.176. The highest BCUT2D eigenvalue weighted by Crippen LogP contribution is 2.57. The molecule has 3 unspecified atom stereocenters. The standard InChI is InChI=1S/C46H34O4/c1-3-43(47)49-31-21-17-29(18-22-31)46(41-14-8-6-11-34(41)35-12-7-9-15-42(35)46)30-19-23-32(24-20-30)50-45(48)40-27-39-33-10-4-5-13-36(33)44(40)37-25-16-28(2)26-38(37)39/h3-26,39-40,44H,1,27H2,2H3. The van der Waals surface area contributed by atoms with Crippen molar-refractivity contribution in [3.05, 3.63) is 202 Å². The zero-order chi connectivity index (χ0) is 34.0. The van der Waals surface area contributed by atoms with Gasteiger partial charge >= 0.3 is 11.9 Å². The van der Waals surface area contributed by atoms with Crippen LogP contribution >= 0.6 is 0 Å². The van der Waals surface area contributed by atoms with Crippen molar-refractivity contribution in [2.24, 2.45) is 5.92 Å². The molecule has 0 aromatic heterocycles. The maximum absolute atomic E-state index is 14.1. The van der Waals surface area contributed by atoms with Gasteiger partial charge in [-0.2, -0.15) is 0 Å². The van der Waals surface area contributed by atoms with Gasteiger partial charge in [0.2, 0.25) is 0 Å². The Labute approximate surface area is 291 Å². The Morgan fingerprint density at radius 3 is 1.80 bits per heavy atom. The predicted molar refractivity (Wildman–Crippen MR) is 195 cm³/mol. The number of hydrogen-bond donors (Lipinski definition) is 0. The molecule has 0 heterocycles. The Morgan fingerprint density at radius 2 is 1.18 bits per heavy atom. The lowest BCUT2D eigenvalue weighted by molar-refractivity contribution is -0.140. The minimum atomic E-state index is -0.648. The van der Waals surface area contributed by atoms with Gasteiger partial charge in [0.15, 0.2) is 0 Å². The fourth-order valence-electron chi connectivity index (χ4n) is 8.95. The van der Waals surface area contributed by atoms with Crippen molar-refractivity contribution in [3.8, 4) is 22.6 Å². The highest BCUT2D eigenvalue weighted by atomic mass is 16.5. The summed E-state index contributed by atoms with van der Waals surface area (Å²) in [7, 11) is 0. The Bertz CT molecular complexity index is 2290. The van der Waals surface area contributed by atoms with E-state index in [2.05, 4.69) is 117 Å². The van der Waals surface area contributed by atoms with Crippen LogP contribution in [0.25, 0.3) is 11.1 Å². The van der Waals surface area contributed by atoms with E-state index in [4.69, 9.17) is 9.47 Å². The number of ether oxygens (including phenoxy) is 2. The van der Waals surface area contributed by atoms with Crippen LogP contribution in [0.2, 0.25) is 0 Å². The number of esters is 2. The fourth-order valence-corrected chi connectivity index (χ4v) is 8.95. The Morgan fingerprint density at radius 1 is 0.640 bits per heavy atom. The molecule has 242 valence electrons. The Balaban J connectivity index is 1.09. The third-order valence-corrected chi connectivity index (χ3v) is 11.0. The molecule has 4 nitrogen and oxygen atoms in total. The third kappa shape index (κ3) is 4.45. The summed E-state index contributed by atoms with van der Waals surface area (Å²) in [6.07, 6.45) is 1.90. The number of hydrogen-bond acceptors (Lipinski definition) is 4. The fraction of sp³-hybridized carbons (Fsp3) is 0.130. The quantitative estimate of drug-likeness (QED) is 0.102. The van der Waals surface area contributed by atoms with Gasteiger partial charge in [-0.3, -0.25) is 4.79 Å². The van der Waals surface area contributed by atoms with Gasteiger partial charge in [-0.1, -0.05) is 127 Å². The lowest BCUT2D eigenvalue weighted by atomic mass is 9.59. The van der Waals surface area contributed by atoms with Gasteiger partial charge in [0, 0.05) is 17.9 Å². The van der Waals surface area contributed by atoms with Crippen molar-refractivity contribution in [1.82, 2.24) is 0 Å². The second-order valence-electron chi connectivity index (χ2n) is 13.6. The number of benzene rings is 6. The molecule has 0 amide bonds. The van der Waals surface area contributed by atoms with Gasteiger partial charge in [-0.05, 0) is 93.2 Å². The number of carbonyl (C=O) groups excluding carboxylic acids is 2. The molecule has 4 heteroatoms. The van der Waals surface area contributed by atoms with Crippen LogP contribution in [0.3, 0.4) is 0 Å². The highest BCUT2D eigenvalue weighted by Gasteiger charge is 2.48. The van der Waals surface area contributed by atoms with Crippen molar-refractivity contribution in [3.63, 3.8) is 0 Å². The average Bonchev–Trinajstić information content (AvgIpc) is 3.46. The zero-order valence-corrected chi connectivity index (χ0v) is 27.6. The van der Waals surface area contributed by atoms with Crippen LogP contribution in [0, 0.1) is 12.8 Å². The first-order chi connectivity index (χ1) is 24.5. The van der Waals surface area contributed by atoms with Gasteiger partial charge in [0.25, 0.3) is 0 Å². The van der Waals surface area contributed by atoms with Crippen LogP contribution in [0.15, 0.2) is 152 Å². The van der Waals surface area contributed by atoms with Crippen LogP contribution in [0.1, 0.15) is 68.3 Å². The number of carbonyl (C=O) groups is 2. The van der Waals surface area contributed by atoms with E-state index in [1.54, 1.807) is 0 Å². The van der Waals surface area contributed by atoms with Gasteiger partial charge in [0.05, 0.1) is 11.3 Å². The predicted octanol–water partition coefficient (Wildman–Crippen LogP) is 9.65. The maximum Gasteiger partial charge on any atom is 0.335 e. The van der Waals surface area contributed by atoms with Crippen LogP contribution in [-0.4, -0.2) is 11.9 Å². The summed E-state index contributed by atoms with van der Waals surface area (Å²) in [6, 6.07) is 47.9. The molecule has 0 fully saturated rings. The molecule has 0 radical (unpaired) electrons. The topological polar surface area (TPSA) is 52.6 Å². The summed E-state index contributed by atoms with van der Waals surface area (Å²) in [5, 5.41) is 0. The lowest BCUT2D eigenvalue weighted by Gasteiger charge is -2.44. The molecule has 4 aliphatic carbocycles. The van der Waals surface area contributed by atoms with Crippen molar-refractivity contribution in [2.75, 3.05) is 0 Å². The van der Waals surface area contributed by atoms with Gasteiger partial charge in [-0.25, -0.2) is 4.79 Å². The van der Waals surface area contributed by atoms with Gasteiger partial charge in [0.1, 0.15) is 11.5 Å². The zero-order valence-electron chi connectivity index (χ0n) is 27.6.